The Kier molecular flexibility index (Phi) is 3.84. The van der Waals surface area contributed by atoms with Crippen molar-refractivity contribution in [3.8, 4) is 0 Å². The van der Waals surface area contributed by atoms with Gasteiger partial charge in [-0.1, -0.05) is 13.8 Å². The van der Waals surface area contributed by atoms with Gasteiger partial charge in [-0.25, -0.2) is 4.79 Å². The van der Waals surface area contributed by atoms with E-state index in [9.17, 15) is 4.79 Å². The summed E-state index contributed by atoms with van der Waals surface area (Å²) in [5.74, 6) is 0.887. The molecule has 0 spiro atoms. The minimum Gasteiger partial charge on any atom is -0.444 e. The molecule has 0 aromatic heterocycles. The summed E-state index contributed by atoms with van der Waals surface area (Å²) in [4.78, 5) is 13.4. The molecule has 4 nitrogen and oxygen atoms in total. The van der Waals surface area contributed by atoms with Crippen molar-refractivity contribution in [2.45, 2.75) is 46.3 Å². The number of hydrogen-bond donors (Lipinski definition) is 1. The van der Waals surface area contributed by atoms with Gasteiger partial charge in [0.15, 0.2) is 0 Å². The van der Waals surface area contributed by atoms with Crippen LogP contribution in [0.2, 0.25) is 0 Å². The summed E-state index contributed by atoms with van der Waals surface area (Å²) < 4.78 is 5.28. The number of nitrogens with zero attached hydrogens (tertiary/aromatic N) is 1. The molecule has 1 heterocycles. The van der Waals surface area contributed by atoms with Crippen LogP contribution in [0.3, 0.4) is 0 Å². The molecule has 94 valence electrons. The summed E-state index contributed by atoms with van der Waals surface area (Å²) >= 11 is 0. The fraction of sp³-hybridized carbons (Fsp3) is 0.917. The molecule has 1 aliphatic rings. The first-order valence-electron chi connectivity index (χ1n) is 5.94. The van der Waals surface area contributed by atoms with Crippen molar-refractivity contribution in [1.29, 1.82) is 0 Å². The van der Waals surface area contributed by atoms with Gasteiger partial charge < -0.3 is 15.4 Å². The summed E-state index contributed by atoms with van der Waals surface area (Å²) in [6.07, 6.45) is -0.222. The van der Waals surface area contributed by atoms with Crippen molar-refractivity contribution in [3.05, 3.63) is 0 Å². The van der Waals surface area contributed by atoms with Crippen LogP contribution in [-0.2, 0) is 4.74 Å². The molecule has 1 aliphatic heterocycles. The highest BCUT2D eigenvalue weighted by molar-refractivity contribution is 5.69. The lowest BCUT2D eigenvalue weighted by molar-refractivity contribution is -0.00707. The molecule has 0 aromatic carbocycles. The Labute approximate surface area is 98.1 Å². The number of rotatable bonds is 2. The second kappa shape index (κ2) is 4.62. The molecule has 1 unspecified atom stereocenters. The summed E-state index contributed by atoms with van der Waals surface area (Å²) in [7, 11) is 0. The van der Waals surface area contributed by atoms with Crippen LogP contribution in [0.15, 0.2) is 0 Å². The lowest BCUT2D eigenvalue weighted by Gasteiger charge is -2.43. The van der Waals surface area contributed by atoms with Gasteiger partial charge >= 0.3 is 6.09 Å². The lowest BCUT2D eigenvalue weighted by Crippen LogP contribution is -2.58. The van der Waals surface area contributed by atoms with Gasteiger partial charge in [-0.3, -0.25) is 0 Å². The predicted molar refractivity (Wildman–Crippen MR) is 64.1 cm³/mol. The van der Waals surface area contributed by atoms with Gasteiger partial charge in [-0.05, 0) is 26.7 Å². The zero-order valence-corrected chi connectivity index (χ0v) is 11.0. The standard InChI is InChI=1S/C12H24N2O2/c1-8(2)10(13)9-6-14(7-9)11(15)16-12(3,4)5/h8-10H,6-7,13H2,1-5H3. The molecular formula is C12H24N2O2. The first kappa shape index (κ1) is 13.3. The van der Waals surface area contributed by atoms with E-state index in [2.05, 4.69) is 13.8 Å². The van der Waals surface area contributed by atoms with Crippen LogP contribution in [0.4, 0.5) is 4.79 Å². The number of amides is 1. The highest BCUT2D eigenvalue weighted by Gasteiger charge is 2.37. The largest absolute Gasteiger partial charge is 0.444 e. The van der Waals surface area contributed by atoms with Crippen LogP contribution in [-0.4, -0.2) is 35.7 Å². The van der Waals surface area contributed by atoms with E-state index in [-0.39, 0.29) is 12.1 Å². The van der Waals surface area contributed by atoms with Crippen LogP contribution in [0.5, 0.6) is 0 Å². The molecule has 1 saturated heterocycles. The van der Waals surface area contributed by atoms with Crippen molar-refractivity contribution >= 4 is 6.09 Å². The third-order valence-corrected chi connectivity index (χ3v) is 2.88. The molecular weight excluding hydrogens is 204 g/mol. The maximum atomic E-state index is 11.6. The van der Waals surface area contributed by atoms with Crippen molar-refractivity contribution in [2.75, 3.05) is 13.1 Å². The van der Waals surface area contributed by atoms with E-state index in [1.807, 2.05) is 20.8 Å². The molecule has 1 amide bonds. The van der Waals surface area contributed by atoms with E-state index in [1.165, 1.54) is 0 Å². The van der Waals surface area contributed by atoms with Crippen LogP contribution in [0, 0.1) is 11.8 Å². The highest BCUT2D eigenvalue weighted by atomic mass is 16.6. The van der Waals surface area contributed by atoms with Gasteiger partial charge in [0.05, 0.1) is 0 Å². The Balaban J connectivity index is 2.33. The smallest absolute Gasteiger partial charge is 0.410 e. The van der Waals surface area contributed by atoms with Gasteiger partial charge in [0.1, 0.15) is 5.60 Å². The molecule has 0 saturated carbocycles. The topological polar surface area (TPSA) is 55.6 Å². The average Bonchev–Trinajstić information content (AvgIpc) is 1.96. The maximum Gasteiger partial charge on any atom is 0.410 e. The minimum absolute atomic E-state index is 0.179. The molecule has 0 bridgehead atoms. The van der Waals surface area contributed by atoms with Gasteiger partial charge in [0.2, 0.25) is 0 Å². The second-order valence-corrected chi connectivity index (χ2v) is 5.97. The van der Waals surface area contributed by atoms with E-state index in [0.29, 0.717) is 11.8 Å². The first-order valence-corrected chi connectivity index (χ1v) is 5.94. The molecule has 0 aliphatic carbocycles. The predicted octanol–water partition coefficient (Wildman–Crippen LogP) is 1.84. The SMILES string of the molecule is CC(C)C(N)C1CN(C(=O)OC(C)(C)C)C1. The first-order chi connectivity index (χ1) is 7.20. The Bertz CT molecular complexity index is 252. The third-order valence-electron chi connectivity index (χ3n) is 2.88. The number of carbonyl (C=O) groups excluding carboxylic acids is 1. The van der Waals surface area contributed by atoms with Crippen molar-refractivity contribution < 1.29 is 9.53 Å². The fourth-order valence-corrected chi connectivity index (χ4v) is 1.78. The van der Waals surface area contributed by atoms with Crippen molar-refractivity contribution in [1.82, 2.24) is 4.90 Å². The Morgan fingerprint density at radius 3 is 2.25 bits per heavy atom. The molecule has 2 N–H and O–H groups in total. The van der Waals surface area contributed by atoms with E-state index >= 15 is 0 Å². The van der Waals surface area contributed by atoms with Crippen molar-refractivity contribution in [2.24, 2.45) is 17.6 Å². The van der Waals surface area contributed by atoms with Gasteiger partial charge in [-0.2, -0.15) is 0 Å². The van der Waals surface area contributed by atoms with E-state index in [0.717, 1.165) is 13.1 Å². The normalized spacial score (nSPS) is 19.6. The van der Waals surface area contributed by atoms with Gasteiger partial charge in [0, 0.05) is 25.0 Å². The molecule has 4 heteroatoms. The molecule has 0 radical (unpaired) electrons. The van der Waals surface area contributed by atoms with Crippen LogP contribution < -0.4 is 5.73 Å². The third kappa shape index (κ3) is 3.37. The summed E-state index contributed by atoms with van der Waals surface area (Å²) in [5.41, 5.74) is 5.62. The lowest BCUT2D eigenvalue weighted by atomic mass is 9.86. The number of ether oxygens (including phenoxy) is 1. The molecule has 1 atom stereocenters. The van der Waals surface area contributed by atoms with E-state index in [4.69, 9.17) is 10.5 Å². The Morgan fingerprint density at radius 2 is 1.88 bits per heavy atom. The van der Waals surface area contributed by atoms with Gasteiger partial charge in [-0.15, -0.1) is 0 Å². The maximum absolute atomic E-state index is 11.6. The van der Waals surface area contributed by atoms with E-state index in [1.54, 1.807) is 4.90 Å². The van der Waals surface area contributed by atoms with Gasteiger partial charge in [0.25, 0.3) is 0 Å². The number of carbonyl (C=O) groups is 1. The van der Waals surface area contributed by atoms with Crippen molar-refractivity contribution in [3.63, 3.8) is 0 Å². The Morgan fingerprint density at radius 1 is 1.38 bits per heavy atom. The fourth-order valence-electron chi connectivity index (χ4n) is 1.78. The average molecular weight is 228 g/mol. The zero-order valence-electron chi connectivity index (χ0n) is 11.0. The monoisotopic (exact) mass is 228 g/mol. The van der Waals surface area contributed by atoms with Crippen LogP contribution >= 0.6 is 0 Å². The van der Waals surface area contributed by atoms with E-state index < -0.39 is 5.60 Å². The number of nitrogens with two attached hydrogens (primary N) is 1. The highest BCUT2D eigenvalue weighted by Crippen LogP contribution is 2.24. The minimum atomic E-state index is -0.414. The molecule has 1 fully saturated rings. The molecule has 0 aromatic rings. The summed E-state index contributed by atoms with van der Waals surface area (Å²) in [5, 5.41) is 0. The number of likely N-dealkylation sites (tertiary alicyclic amines) is 1. The van der Waals surface area contributed by atoms with Crippen LogP contribution in [0.1, 0.15) is 34.6 Å². The summed E-state index contributed by atoms with van der Waals surface area (Å²) in [6.45, 7) is 11.3. The number of hydrogen-bond acceptors (Lipinski definition) is 3. The quantitative estimate of drug-likeness (QED) is 0.784. The molecule has 16 heavy (non-hydrogen) atoms. The zero-order chi connectivity index (χ0) is 12.5. The Hall–Kier alpha value is -0.770. The second-order valence-electron chi connectivity index (χ2n) is 5.97. The summed E-state index contributed by atoms with van der Waals surface area (Å²) in [6, 6.07) is 0.179. The molecule has 1 rings (SSSR count). The van der Waals surface area contributed by atoms with Crippen LogP contribution in [0.25, 0.3) is 0 Å².